The van der Waals surface area contributed by atoms with Crippen molar-refractivity contribution in [2.45, 2.75) is 6.42 Å². The third kappa shape index (κ3) is 4.93. The van der Waals surface area contributed by atoms with E-state index in [2.05, 4.69) is 22.6 Å². The maximum atomic E-state index is 11.0. The predicted octanol–water partition coefficient (Wildman–Crippen LogP) is 3.84. The predicted molar refractivity (Wildman–Crippen MR) is 88.2 cm³/mol. The summed E-state index contributed by atoms with van der Waals surface area (Å²) >= 11 is 2.24. The molecule has 4 nitrogen and oxygen atoms in total. The van der Waals surface area contributed by atoms with E-state index in [1.807, 2.05) is 24.3 Å². The molecule has 2 aromatic carbocycles. The molecular weight excluding hydrogens is 383 g/mol. The monoisotopic (exact) mass is 398 g/mol. The summed E-state index contributed by atoms with van der Waals surface area (Å²) < 4.78 is 12.2. The van der Waals surface area contributed by atoms with Crippen LogP contribution in [0.2, 0.25) is 0 Å². The molecule has 0 radical (unpaired) electrons. The minimum absolute atomic E-state index is 0.177. The van der Waals surface area contributed by atoms with Crippen LogP contribution >= 0.6 is 22.6 Å². The van der Waals surface area contributed by atoms with Gasteiger partial charge in [-0.2, -0.15) is 0 Å². The summed E-state index contributed by atoms with van der Waals surface area (Å²) in [7, 11) is 0. The maximum Gasteiger partial charge on any atom is 0.339 e. The molecule has 5 heteroatoms. The molecule has 0 unspecified atom stereocenters. The summed E-state index contributed by atoms with van der Waals surface area (Å²) in [5.74, 6) is 0.223. The number of carboxylic acid groups (broad SMARTS) is 1. The summed E-state index contributed by atoms with van der Waals surface area (Å²) in [5, 5.41) is 9.03. The minimum Gasteiger partial charge on any atom is -0.493 e. The van der Waals surface area contributed by atoms with Crippen LogP contribution < -0.4 is 9.47 Å². The van der Waals surface area contributed by atoms with Crippen molar-refractivity contribution in [1.29, 1.82) is 0 Å². The summed E-state index contributed by atoms with van der Waals surface area (Å²) in [6.07, 6.45) is 0.680. The number of hydrogen-bond donors (Lipinski definition) is 1. The third-order valence-corrected chi connectivity index (χ3v) is 3.47. The molecule has 0 amide bonds. The standard InChI is InChI=1S/C16H15IO4/c17-12-6-8-13(9-7-12)20-10-3-11-21-15-5-2-1-4-14(15)16(18)19/h1-2,4-9H,3,10-11H2,(H,18,19). The van der Waals surface area contributed by atoms with E-state index < -0.39 is 5.97 Å². The molecule has 2 aromatic rings. The lowest BCUT2D eigenvalue weighted by molar-refractivity contribution is 0.0692. The van der Waals surface area contributed by atoms with E-state index in [1.165, 1.54) is 6.07 Å². The van der Waals surface area contributed by atoms with Crippen LogP contribution in [0.15, 0.2) is 48.5 Å². The Morgan fingerprint density at radius 2 is 1.67 bits per heavy atom. The zero-order valence-electron chi connectivity index (χ0n) is 11.3. The van der Waals surface area contributed by atoms with Crippen LogP contribution in [0.3, 0.4) is 0 Å². The fraction of sp³-hybridized carbons (Fsp3) is 0.188. The Bertz CT molecular complexity index is 595. The van der Waals surface area contributed by atoms with Gasteiger partial charge in [0.05, 0.1) is 13.2 Å². The van der Waals surface area contributed by atoms with Gasteiger partial charge in [0.2, 0.25) is 0 Å². The largest absolute Gasteiger partial charge is 0.493 e. The molecule has 0 heterocycles. The first-order valence-corrected chi connectivity index (χ1v) is 7.58. The number of rotatable bonds is 7. The molecule has 21 heavy (non-hydrogen) atoms. The molecule has 2 rings (SSSR count). The Labute approximate surface area is 136 Å². The highest BCUT2D eigenvalue weighted by Gasteiger charge is 2.09. The maximum absolute atomic E-state index is 11.0. The zero-order chi connectivity index (χ0) is 15.1. The average molecular weight is 398 g/mol. The lowest BCUT2D eigenvalue weighted by Crippen LogP contribution is -2.07. The van der Waals surface area contributed by atoms with E-state index in [4.69, 9.17) is 14.6 Å². The number of ether oxygens (including phenoxy) is 2. The van der Waals surface area contributed by atoms with Crippen molar-refractivity contribution in [2.75, 3.05) is 13.2 Å². The molecule has 0 aliphatic rings. The first kappa shape index (κ1) is 15.6. The zero-order valence-corrected chi connectivity index (χ0v) is 13.4. The van der Waals surface area contributed by atoms with E-state index in [9.17, 15) is 4.79 Å². The van der Waals surface area contributed by atoms with E-state index in [0.29, 0.717) is 25.4 Å². The van der Waals surface area contributed by atoms with Crippen molar-refractivity contribution in [2.24, 2.45) is 0 Å². The molecule has 1 N–H and O–H groups in total. The molecule has 0 fully saturated rings. The van der Waals surface area contributed by atoms with Crippen LogP contribution in [0, 0.1) is 3.57 Å². The first-order chi connectivity index (χ1) is 10.2. The van der Waals surface area contributed by atoms with Crippen LogP contribution in [0.1, 0.15) is 16.8 Å². The van der Waals surface area contributed by atoms with Crippen LogP contribution in [0.4, 0.5) is 0 Å². The van der Waals surface area contributed by atoms with Gasteiger partial charge in [0, 0.05) is 9.99 Å². The van der Waals surface area contributed by atoms with Crippen molar-refractivity contribution < 1.29 is 19.4 Å². The van der Waals surface area contributed by atoms with Crippen LogP contribution in [-0.4, -0.2) is 24.3 Å². The number of carboxylic acids is 1. The van der Waals surface area contributed by atoms with Gasteiger partial charge in [0.25, 0.3) is 0 Å². The number of hydrogen-bond acceptors (Lipinski definition) is 3. The van der Waals surface area contributed by atoms with Gasteiger partial charge in [0.15, 0.2) is 0 Å². The highest BCUT2D eigenvalue weighted by molar-refractivity contribution is 14.1. The average Bonchev–Trinajstić information content (AvgIpc) is 2.49. The van der Waals surface area contributed by atoms with Crippen molar-refractivity contribution in [3.05, 3.63) is 57.7 Å². The van der Waals surface area contributed by atoms with Gasteiger partial charge < -0.3 is 14.6 Å². The van der Waals surface area contributed by atoms with Crippen LogP contribution in [0.25, 0.3) is 0 Å². The van der Waals surface area contributed by atoms with Gasteiger partial charge in [0.1, 0.15) is 17.1 Å². The number of halogens is 1. The number of aromatic carboxylic acids is 1. The number of benzene rings is 2. The van der Waals surface area contributed by atoms with Crippen LogP contribution in [0.5, 0.6) is 11.5 Å². The molecule has 0 spiro atoms. The van der Waals surface area contributed by atoms with Crippen molar-refractivity contribution >= 4 is 28.6 Å². The molecule has 0 saturated heterocycles. The molecule has 0 aliphatic heterocycles. The summed E-state index contributed by atoms with van der Waals surface area (Å²) in [6.45, 7) is 0.935. The van der Waals surface area contributed by atoms with E-state index in [0.717, 1.165) is 9.32 Å². The Morgan fingerprint density at radius 3 is 2.38 bits per heavy atom. The highest BCUT2D eigenvalue weighted by Crippen LogP contribution is 2.18. The second-order valence-corrected chi connectivity index (χ2v) is 5.55. The second-order valence-electron chi connectivity index (χ2n) is 4.31. The van der Waals surface area contributed by atoms with E-state index in [-0.39, 0.29) is 5.56 Å². The smallest absolute Gasteiger partial charge is 0.339 e. The Morgan fingerprint density at radius 1 is 1.00 bits per heavy atom. The van der Waals surface area contributed by atoms with Crippen molar-refractivity contribution in [3.8, 4) is 11.5 Å². The fourth-order valence-electron chi connectivity index (χ4n) is 1.73. The minimum atomic E-state index is -0.985. The van der Waals surface area contributed by atoms with Crippen LogP contribution in [-0.2, 0) is 0 Å². The van der Waals surface area contributed by atoms with E-state index in [1.54, 1.807) is 18.2 Å². The number of carbonyl (C=O) groups is 1. The molecular formula is C16H15IO4. The van der Waals surface area contributed by atoms with Gasteiger partial charge in [-0.25, -0.2) is 4.79 Å². The molecule has 0 bridgehead atoms. The summed E-state index contributed by atoms with van der Waals surface area (Å²) in [5.41, 5.74) is 0.177. The molecule has 0 aliphatic carbocycles. The number of para-hydroxylation sites is 1. The second kappa shape index (κ2) is 7.87. The molecule has 110 valence electrons. The normalized spacial score (nSPS) is 10.1. The van der Waals surface area contributed by atoms with Gasteiger partial charge in [-0.1, -0.05) is 12.1 Å². The Kier molecular flexibility index (Phi) is 5.86. The van der Waals surface area contributed by atoms with Crippen molar-refractivity contribution in [1.82, 2.24) is 0 Å². The molecule has 0 saturated carbocycles. The van der Waals surface area contributed by atoms with Gasteiger partial charge in [-0.05, 0) is 59.0 Å². The molecule has 0 atom stereocenters. The lowest BCUT2D eigenvalue weighted by Gasteiger charge is -2.09. The van der Waals surface area contributed by atoms with E-state index >= 15 is 0 Å². The highest BCUT2D eigenvalue weighted by atomic mass is 127. The van der Waals surface area contributed by atoms with Gasteiger partial charge in [-0.15, -0.1) is 0 Å². The Hall–Kier alpha value is -1.76. The van der Waals surface area contributed by atoms with Gasteiger partial charge >= 0.3 is 5.97 Å². The molecule has 0 aromatic heterocycles. The first-order valence-electron chi connectivity index (χ1n) is 6.50. The van der Waals surface area contributed by atoms with Crippen molar-refractivity contribution in [3.63, 3.8) is 0 Å². The lowest BCUT2D eigenvalue weighted by atomic mass is 10.2. The third-order valence-electron chi connectivity index (χ3n) is 2.75. The fourth-order valence-corrected chi connectivity index (χ4v) is 2.09. The summed E-state index contributed by atoms with van der Waals surface area (Å²) in [4.78, 5) is 11.0. The summed E-state index contributed by atoms with van der Waals surface area (Å²) in [6, 6.07) is 14.4. The quantitative estimate of drug-likeness (QED) is 0.569. The Balaban J connectivity index is 1.75. The SMILES string of the molecule is O=C(O)c1ccccc1OCCCOc1ccc(I)cc1. The van der Waals surface area contributed by atoms with Gasteiger partial charge in [-0.3, -0.25) is 0 Å². The topological polar surface area (TPSA) is 55.8 Å².